The zero-order chi connectivity index (χ0) is 51.7. The number of hydrogen-bond acceptors (Lipinski definition) is 19. The third-order valence-corrected chi connectivity index (χ3v) is 19.2. The second-order valence-corrected chi connectivity index (χ2v) is 25.6. The first-order chi connectivity index (χ1) is 31.6. The van der Waals surface area contributed by atoms with Gasteiger partial charge < -0.3 is 70.8 Å². The molecule has 0 aliphatic heterocycles. The minimum absolute atomic E-state index is 0. The van der Waals surface area contributed by atoms with Gasteiger partial charge in [-0.05, 0) is 93.8 Å². The molecule has 2 unspecified atom stereocenters. The maximum absolute atomic E-state index is 11.3. The Morgan fingerprint density at radius 3 is 1.29 bits per heavy atom. The Labute approximate surface area is 435 Å². The van der Waals surface area contributed by atoms with Crippen LogP contribution in [0.4, 0.5) is 0 Å². The molecule has 8 N–H and O–H groups in total. The van der Waals surface area contributed by atoms with Gasteiger partial charge in [0.05, 0.1) is 11.5 Å². The van der Waals surface area contributed by atoms with Crippen molar-refractivity contribution in [3.05, 3.63) is 59.7 Å². The van der Waals surface area contributed by atoms with Gasteiger partial charge in [-0.3, -0.25) is 9.11 Å². The Balaban J connectivity index is -0.00000579. The molecular formula is C39H74N2O19S2Si5Zr. The molecule has 0 spiro atoms. The number of ether oxygens (including phenoxy) is 2. The number of rotatable bonds is 34. The van der Waals surface area contributed by atoms with E-state index in [1.54, 1.807) is 0 Å². The molecule has 21 nitrogen and oxygen atoms in total. The molecular weight excluding hydrogens is 1100 g/mol. The van der Waals surface area contributed by atoms with Crippen LogP contribution in [0.5, 0.6) is 11.5 Å². The Hall–Kier alpha value is -0.692. The summed E-state index contributed by atoms with van der Waals surface area (Å²) >= 11 is 0. The normalized spacial score (nSPS) is 12.9. The first-order valence-electron chi connectivity index (χ1n) is 21.0. The van der Waals surface area contributed by atoms with Crippen LogP contribution in [0.15, 0.2) is 48.5 Å². The van der Waals surface area contributed by atoms with Gasteiger partial charge in [0.25, 0.3) is 20.2 Å². The third-order valence-electron chi connectivity index (χ3n) is 9.86. The van der Waals surface area contributed by atoms with Crippen molar-refractivity contribution in [1.82, 2.24) is 9.80 Å². The summed E-state index contributed by atoms with van der Waals surface area (Å²) in [5, 5.41) is 42.7. The van der Waals surface area contributed by atoms with E-state index >= 15 is 0 Å². The van der Waals surface area contributed by atoms with Crippen LogP contribution >= 0.6 is 0 Å². The molecule has 0 aliphatic rings. The van der Waals surface area contributed by atoms with E-state index in [0.29, 0.717) is 56.6 Å². The molecule has 0 aromatic heterocycles. The van der Waals surface area contributed by atoms with E-state index < -0.39 is 67.0 Å². The summed E-state index contributed by atoms with van der Waals surface area (Å²) in [5.74, 6) is 0.294. The van der Waals surface area contributed by atoms with Crippen LogP contribution in [-0.2, 0) is 73.1 Å². The Bertz CT molecular complexity index is 1760. The number of benzene rings is 2. The SMILES string of the molecule is CO.CO.CO.CO[Si](O)(CCCN(CCCS(=O)(=O)O)CC(O)COc1ccc(C(C)(C)c2ccc(OCC(O)CN(CCC[Si](O[Si])(O[Si])O[Si]C)CCCS(=O)(=O)O)cc2)cc1)OC.[Zr]. The van der Waals surface area contributed by atoms with Crippen molar-refractivity contribution >= 4 is 68.6 Å². The van der Waals surface area contributed by atoms with E-state index in [1.165, 1.54) is 14.2 Å². The zero-order valence-corrected chi connectivity index (χ0v) is 49.5. The van der Waals surface area contributed by atoms with Crippen molar-refractivity contribution in [2.24, 2.45) is 0 Å². The van der Waals surface area contributed by atoms with Crippen molar-refractivity contribution in [2.45, 2.75) is 75.8 Å². The third kappa shape index (κ3) is 31.0. The fourth-order valence-corrected chi connectivity index (χ4v) is 13.3. The van der Waals surface area contributed by atoms with Crippen LogP contribution in [0.1, 0.15) is 50.7 Å². The fraction of sp³-hybridized carbons (Fsp3) is 0.692. The van der Waals surface area contributed by atoms with Gasteiger partial charge in [0.2, 0.25) is 30.7 Å². The van der Waals surface area contributed by atoms with Crippen LogP contribution in [0.25, 0.3) is 0 Å². The minimum Gasteiger partial charge on any atom is -0.491 e. The van der Waals surface area contributed by atoms with Gasteiger partial charge in [-0.1, -0.05) is 38.1 Å². The van der Waals surface area contributed by atoms with Crippen molar-refractivity contribution < 1.29 is 113 Å². The molecule has 0 saturated heterocycles. The second kappa shape index (κ2) is 38.9. The molecule has 0 amide bonds. The summed E-state index contributed by atoms with van der Waals surface area (Å²) in [6.07, 6.45) is -0.440. The van der Waals surface area contributed by atoms with Gasteiger partial charge in [-0.2, -0.15) is 16.8 Å². The molecule has 0 saturated carbocycles. The molecule has 29 heteroatoms. The van der Waals surface area contributed by atoms with Gasteiger partial charge in [-0.15, -0.1) is 0 Å². The Kier molecular flexibility index (Phi) is 40.9. The monoisotopic (exact) mass is 1170 g/mol. The summed E-state index contributed by atoms with van der Waals surface area (Å²) < 4.78 is 102. The van der Waals surface area contributed by atoms with Gasteiger partial charge in [0, 0.05) is 92.3 Å². The van der Waals surface area contributed by atoms with Gasteiger partial charge >= 0.3 is 17.6 Å². The van der Waals surface area contributed by atoms with Crippen molar-refractivity contribution in [3.63, 3.8) is 0 Å². The van der Waals surface area contributed by atoms with Crippen LogP contribution in [0.3, 0.4) is 0 Å². The Morgan fingerprint density at radius 1 is 0.647 bits per heavy atom. The standard InChI is InChI=1S/C36H62N2O16S2Si5.3CH4O.Zr/c1-36(2,30-10-14-34(15-11-30)50-28-32(39)26-37(18-6-22-55(41,42)43)20-8-24-60(47,48-3)49-4)31-12-16-35(17-13-31)51-29-33(40)27-38(19-7-23-56(44,45)46)21-9-25-61(52-57,53-58)54-59-5;3*1-2;/h10-17,32-33,39-40,47H,6-9,18-29H2,1-5H3,(H,41,42,43)(H,44,45,46);3*2H,1H3;. The molecule has 0 fully saturated rings. The van der Waals surface area contributed by atoms with Crippen LogP contribution in [-0.4, -0.2) is 226 Å². The molecule has 0 heterocycles. The maximum Gasteiger partial charge on any atom is 0.497 e. The average Bonchev–Trinajstić information content (AvgIpc) is 3.31. The first kappa shape index (κ1) is 71.6. The summed E-state index contributed by atoms with van der Waals surface area (Å²) in [5.41, 5.74) is 1.60. The molecule has 2 aromatic rings. The van der Waals surface area contributed by atoms with Gasteiger partial charge in [0.15, 0.2) is 0 Å². The predicted molar refractivity (Wildman–Crippen MR) is 260 cm³/mol. The quantitative estimate of drug-likeness (QED) is 0.0345. The van der Waals surface area contributed by atoms with Gasteiger partial charge in [0.1, 0.15) is 36.9 Å². The summed E-state index contributed by atoms with van der Waals surface area (Å²) in [4.78, 5) is 14.1. The minimum atomic E-state index is -4.13. The van der Waals surface area contributed by atoms with E-state index in [2.05, 4.69) is 34.8 Å². The second-order valence-electron chi connectivity index (χ2n) is 15.0. The molecule has 2 aromatic carbocycles. The topological polar surface area (TPSA) is 301 Å². The first-order valence-corrected chi connectivity index (χ1v) is 30.4. The maximum atomic E-state index is 11.3. The summed E-state index contributed by atoms with van der Waals surface area (Å²) in [6, 6.07) is 15.8. The van der Waals surface area contributed by atoms with Crippen LogP contribution < -0.4 is 9.47 Å². The molecule has 0 aliphatic carbocycles. The van der Waals surface area contributed by atoms with E-state index in [0.717, 1.165) is 32.5 Å². The fourth-order valence-electron chi connectivity index (χ4n) is 6.42. The van der Waals surface area contributed by atoms with E-state index in [1.807, 2.05) is 64.9 Å². The van der Waals surface area contributed by atoms with E-state index in [4.69, 9.17) is 50.5 Å². The van der Waals surface area contributed by atoms with E-state index in [9.17, 15) is 36.4 Å². The van der Waals surface area contributed by atoms with Crippen molar-refractivity contribution in [1.29, 1.82) is 0 Å². The largest absolute Gasteiger partial charge is 0.497 e. The number of nitrogens with zero attached hydrogens (tertiary/aromatic N) is 2. The van der Waals surface area contributed by atoms with Crippen LogP contribution in [0.2, 0.25) is 18.6 Å². The summed E-state index contributed by atoms with van der Waals surface area (Å²) in [6.45, 7) is 7.84. The number of aliphatic hydroxyl groups excluding tert-OH is 5. The van der Waals surface area contributed by atoms with Crippen molar-refractivity contribution in [2.75, 3.05) is 99.5 Å². The molecule has 0 bridgehead atoms. The smallest absolute Gasteiger partial charge is 0.491 e. The van der Waals surface area contributed by atoms with Crippen molar-refractivity contribution in [3.8, 4) is 11.5 Å². The van der Waals surface area contributed by atoms with E-state index in [-0.39, 0.29) is 81.2 Å². The average molecular weight is 1170 g/mol. The molecule has 8 radical (unpaired) electrons. The Morgan fingerprint density at radius 2 is 0.985 bits per heavy atom. The number of aliphatic hydroxyl groups is 5. The van der Waals surface area contributed by atoms with Crippen LogP contribution in [0, 0.1) is 0 Å². The molecule has 390 valence electrons. The molecule has 2 rings (SSSR count). The zero-order valence-electron chi connectivity index (χ0n) is 40.4. The summed E-state index contributed by atoms with van der Waals surface area (Å²) in [7, 11) is -2.55. The molecule has 2 atom stereocenters. The van der Waals surface area contributed by atoms with Gasteiger partial charge in [-0.25, -0.2) is 0 Å². The molecule has 68 heavy (non-hydrogen) atoms. The predicted octanol–water partition coefficient (Wildman–Crippen LogP) is 0.302. The number of hydrogen-bond donors (Lipinski definition) is 8.